The molecule has 112 valence electrons. The number of tetrazole rings is 1. The number of hydrogen-bond acceptors (Lipinski definition) is 5. The zero-order chi connectivity index (χ0) is 14.8. The quantitative estimate of drug-likeness (QED) is 0.860. The molecule has 0 atom stereocenters. The lowest BCUT2D eigenvalue weighted by atomic mass is 10.1. The van der Waals surface area contributed by atoms with Gasteiger partial charge in [-0.1, -0.05) is 17.7 Å². The van der Waals surface area contributed by atoms with Crippen LogP contribution in [0.5, 0.6) is 0 Å². The monoisotopic (exact) mass is 306 g/mol. The van der Waals surface area contributed by atoms with E-state index >= 15 is 0 Å². The Morgan fingerprint density at radius 3 is 2.62 bits per heavy atom. The predicted molar refractivity (Wildman–Crippen MR) is 82.5 cm³/mol. The summed E-state index contributed by atoms with van der Waals surface area (Å²) in [7, 11) is 1.79. The first-order valence-electron chi connectivity index (χ1n) is 7.09. The summed E-state index contributed by atoms with van der Waals surface area (Å²) in [4.78, 5) is 6.25. The van der Waals surface area contributed by atoms with Crippen molar-refractivity contribution in [1.29, 1.82) is 0 Å². The molecule has 7 heteroatoms. The van der Waals surface area contributed by atoms with Gasteiger partial charge >= 0.3 is 0 Å². The zero-order valence-corrected chi connectivity index (χ0v) is 13.1. The lowest BCUT2D eigenvalue weighted by Crippen LogP contribution is -2.46. The van der Waals surface area contributed by atoms with Crippen LogP contribution in [-0.2, 0) is 13.6 Å². The molecule has 6 nitrogen and oxygen atoms in total. The maximum absolute atomic E-state index is 6.21. The number of nitrogens with zero attached hydrogens (tertiary/aromatic N) is 6. The highest BCUT2D eigenvalue weighted by molar-refractivity contribution is 6.31. The minimum Gasteiger partial charge on any atom is -0.369 e. The molecule has 0 aliphatic carbocycles. The minimum absolute atomic E-state index is 0.760. The van der Waals surface area contributed by atoms with E-state index in [-0.39, 0.29) is 0 Å². The highest BCUT2D eigenvalue weighted by atomic mass is 35.5. The van der Waals surface area contributed by atoms with Gasteiger partial charge < -0.3 is 4.90 Å². The third-order valence-electron chi connectivity index (χ3n) is 3.87. The summed E-state index contributed by atoms with van der Waals surface area (Å²) in [5.41, 5.74) is 2.39. The molecule has 1 aromatic carbocycles. The van der Waals surface area contributed by atoms with Gasteiger partial charge in [0.1, 0.15) is 0 Å². The number of rotatable bonds is 3. The minimum atomic E-state index is 0.760. The van der Waals surface area contributed by atoms with E-state index in [1.54, 1.807) is 7.05 Å². The Balaban J connectivity index is 1.61. The molecule has 2 heterocycles. The molecule has 1 saturated heterocycles. The molecule has 0 amide bonds. The van der Waals surface area contributed by atoms with E-state index in [4.69, 9.17) is 11.6 Å². The molecule has 1 fully saturated rings. The Bertz CT molecular complexity index is 618. The fourth-order valence-electron chi connectivity index (χ4n) is 2.67. The van der Waals surface area contributed by atoms with E-state index in [0.717, 1.165) is 49.1 Å². The summed E-state index contributed by atoms with van der Waals surface area (Å²) in [5, 5.41) is 13.0. The summed E-state index contributed by atoms with van der Waals surface area (Å²) in [5.74, 6) is 0.782. The molecular weight excluding hydrogens is 288 g/mol. The normalized spacial score (nSPS) is 16.4. The smallest absolute Gasteiger partial charge is 0.188 e. The number of hydrogen-bond donors (Lipinski definition) is 0. The maximum atomic E-state index is 6.21. The van der Waals surface area contributed by atoms with Crippen LogP contribution in [0.2, 0.25) is 5.02 Å². The molecule has 1 aliphatic heterocycles. The molecule has 0 bridgehead atoms. The number of aryl methyl sites for hydroxylation is 1. The second-order valence-corrected chi connectivity index (χ2v) is 5.75. The molecule has 0 saturated carbocycles. The highest BCUT2D eigenvalue weighted by Crippen LogP contribution is 2.27. The third kappa shape index (κ3) is 3.16. The summed E-state index contributed by atoms with van der Waals surface area (Å²) < 4.78 is 0. The average Bonchev–Trinajstić information content (AvgIpc) is 2.88. The Kier molecular flexibility index (Phi) is 4.07. The molecule has 3 rings (SSSR count). The van der Waals surface area contributed by atoms with Crippen LogP contribution in [0, 0.1) is 6.92 Å². The topological polar surface area (TPSA) is 50.1 Å². The van der Waals surface area contributed by atoms with Crippen LogP contribution in [0.1, 0.15) is 11.4 Å². The Morgan fingerprint density at radius 2 is 1.95 bits per heavy atom. The maximum Gasteiger partial charge on any atom is 0.188 e. The molecule has 1 aliphatic rings. The van der Waals surface area contributed by atoms with Gasteiger partial charge in [-0.05, 0) is 29.8 Å². The lowest BCUT2D eigenvalue weighted by Gasteiger charge is -2.36. The van der Waals surface area contributed by atoms with Crippen LogP contribution in [0.3, 0.4) is 0 Å². The van der Waals surface area contributed by atoms with E-state index in [9.17, 15) is 0 Å². The summed E-state index contributed by atoms with van der Waals surface area (Å²) in [6, 6.07) is 6.10. The number of piperazine rings is 1. The van der Waals surface area contributed by atoms with Gasteiger partial charge in [0, 0.05) is 36.9 Å². The van der Waals surface area contributed by atoms with Gasteiger partial charge in [0.2, 0.25) is 0 Å². The second kappa shape index (κ2) is 5.99. The van der Waals surface area contributed by atoms with Gasteiger partial charge in [0.05, 0.1) is 13.6 Å². The largest absolute Gasteiger partial charge is 0.369 e. The van der Waals surface area contributed by atoms with E-state index < -0.39 is 0 Å². The zero-order valence-electron chi connectivity index (χ0n) is 12.3. The van der Waals surface area contributed by atoms with Crippen LogP contribution in [0.4, 0.5) is 5.69 Å². The first kappa shape index (κ1) is 14.3. The Morgan fingerprint density at radius 1 is 1.19 bits per heavy atom. The molecule has 0 N–H and O–H groups in total. The number of anilines is 1. The van der Waals surface area contributed by atoms with Crippen LogP contribution in [-0.4, -0.2) is 51.3 Å². The van der Waals surface area contributed by atoms with Crippen molar-refractivity contribution >= 4 is 17.3 Å². The van der Waals surface area contributed by atoms with Gasteiger partial charge in [-0.2, -0.15) is 4.80 Å². The fourth-order valence-corrected chi connectivity index (χ4v) is 2.84. The van der Waals surface area contributed by atoms with E-state index in [2.05, 4.69) is 38.2 Å². The molecular formula is C14H19ClN6. The van der Waals surface area contributed by atoms with Crippen LogP contribution >= 0.6 is 11.6 Å². The Hall–Kier alpha value is -1.66. The predicted octanol–water partition coefficient (Wildman–Crippen LogP) is 1.49. The highest BCUT2D eigenvalue weighted by Gasteiger charge is 2.20. The first-order chi connectivity index (χ1) is 10.1. The number of aromatic nitrogens is 4. The van der Waals surface area contributed by atoms with Crippen molar-refractivity contribution in [3.05, 3.63) is 34.6 Å². The van der Waals surface area contributed by atoms with Crippen molar-refractivity contribution in [2.45, 2.75) is 13.5 Å². The Labute approximate surface area is 129 Å². The van der Waals surface area contributed by atoms with Crippen molar-refractivity contribution in [2.75, 3.05) is 31.1 Å². The van der Waals surface area contributed by atoms with E-state index in [1.807, 2.05) is 12.1 Å². The standard InChI is InChI=1S/C14H19ClN6/c1-11-12(15)4-3-5-13(11)21-8-6-20(7-9-21)10-14-16-18-19(2)17-14/h3-5H,6-10H2,1-2H3. The molecule has 0 unspecified atom stereocenters. The number of benzene rings is 1. The second-order valence-electron chi connectivity index (χ2n) is 5.34. The number of halogens is 1. The third-order valence-corrected chi connectivity index (χ3v) is 4.28. The summed E-state index contributed by atoms with van der Waals surface area (Å²) >= 11 is 6.21. The lowest BCUT2D eigenvalue weighted by molar-refractivity contribution is 0.243. The van der Waals surface area contributed by atoms with Gasteiger partial charge in [-0.25, -0.2) is 0 Å². The molecule has 21 heavy (non-hydrogen) atoms. The van der Waals surface area contributed by atoms with Gasteiger partial charge in [0.15, 0.2) is 5.82 Å². The molecule has 2 aromatic rings. The van der Waals surface area contributed by atoms with E-state index in [0.29, 0.717) is 0 Å². The van der Waals surface area contributed by atoms with Gasteiger partial charge in [-0.15, -0.1) is 10.2 Å². The molecule has 0 spiro atoms. The SMILES string of the molecule is Cc1c(Cl)cccc1N1CCN(Cc2nnn(C)n2)CC1. The van der Waals surface area contributed by atoms with Crippen molar-refractivity contribution < 1.29 is 0 Å². The van der Waals surface area contributed by atoms with E-state index in [1.165, 1.54) is 10.5 Å². The molecule has 1 aromatic heterocycles. The fraction of sp³-hybridized carbons (Fsp3) is 0.500. The molecule has 0 radical (unpaired) electrons. The first-order valence-corrected chi connectivity index (χ1v) is 7.46. The van der Waals surface area contributed by atoms with Crippen molar-refractivity contribution in [3.63, 3.8) is 0 Å². The van der Waals surface area contributed by atoms with Gasteiger partial charge in [-0.3, -0.25) is 4.90 Å². The van der Waals surface area contributed by atoms with Crippen molar-refractivity contribution in [1.82, 2.24) is 25.1 Å². The summed E-state index contributed by atoms with van der Waals surface area (Å²) in [6.45, 7) is 6.79. The van der Waals surface area contributed by atoms with Crippen molar-refractivity contribution in [2.24, 2.45) is 7.05 Å². The van der Waals surface area contributed by atoms with Crippen molar-refractivity contribution in [3.8, 4) is 0 Å². The van der Waals surface area contributed by atoms with Gasteiger partial charge in [0.25, 0.3) is 0 Å². The van der Waals surface area contributed by atoms with Crippen LogP contribution < -0.4 is 4.90 Å². The van der Waals surface area contributed by atoms with Crippen LogP contribution in [0.15, 0.2) is 18.2 Å². The van der Waals surface area contributed by atoms with Crippen LogP contribution in [0.25, 0.3) is 0 Å². The summed E-state index contributed by atoms with van der Waals surface area (Å²) in [6.07, 6.45) is 0. The average molecular weight is 307 g/mol.